The van der Waals surface area contributed by atoms with Crippen LogP contribution in [0.5, 0.6) is 5.75 Å². The molecule has 7 heteroatoms. The van der Waals surface area contributed by atoms with E-state index in [0.29, 0.717) is 25.4 Å². The van der Waals surface area contributed by atoms with Crippen LogP contribution in [-0.2, 0) is 34.3 Å². The largest absolute Gasteiger partial charge is 0.495 e. The fraction of sp³-hybridized carbons (Fsp3) is 0.250. The smallest absolute Gasteiger partial charge is 0.247 e. The standard InChI is InChI=1S/C24H24BrNO4S/c1-29-23-11-4-5-12-24(23)31(27,28)26-15-19-8-2-3-9-20(19)16-30-17-22(26)14-18-7-6-10-21(25)13-18/h2-13,22H,14-17H2,1H3. The van der Waals surface area contributed by atoms with Crippen LogP contribution in [-0.4, -0.2) is 32.5 Å². The minimum Gasteiger partial charge on any atom is -0.495 e. The van der Waals surface area contributed by atoms with Crippen LogP contribution in [0.15, 0.2) is 82.2 Å². The molecule has 1 heterocycles. The van der Waals surface area contributed by atoms with Gasteiger partial charge in [-0.2, -0.15) is 4.31 Å². The number of hydrogen-bond acceptors (Lipinski definition) is 4. The van der Waals surface area contributed by atoms with Gasteiger partial charge in [0.15, 0.2) is 0 Å². The molecule has 162 valence electrons. The van der Waals surface area contributed by atoms with Gasteiger partial charge in [0.05, 0.1) is 26.4 Å². The molecule has 0 bridgehead atoms. The molecule has 0 radical (unpaired) electrons. The maximum absolute atomic E-state index is 13.9. The average Bonchev–Trinajstić information content (AvgIpc) is 2.76. The lowest BCUT2D eigenvalue weighted by Gasteiger charge is -2.34. The first-order chi connectivity index (χ1) is 15.0. The summed E-state index contributed by atoms with van der Waals surface area (Å²) in [5.74, 6) is 0.333. The lowest BCUT2D eigenvalue weighted by Crippen LogP contribution is -2.45. The molecule has 1 aliphatic heterocycles. The van der Waals surface area contributed by atoms with E-state index < -0.39 is 10.0 Å². The van der Waals surface area contributed by atoms with E-state index in [0.717, 1.165) is 21.2 Å². The van der Waals surface area contributed by atoms with E-state index in [1.165, 1.54) is 7.11 Å². The molecular weight excluding hydrogens is 478 g/mol. The molecule has 31 heavy (non-hydrogen) atoms. The second-order valence-electron chi connectivity index (χ2n) is 7.47. The summed E-state index contributed by atoms with van der Waals surface area (Å²) in [5.41, 5.74) is 2.99. The number of rotatable bonds is 5. The van der Waals surface area contributed by atoms with Crippen LogP contribution in [0.25, 0.3) is 0 Å². The molecule has 1 unspecified atom stereocenters. The number of methoxy groups -OCH3 is 1. The molecule has 3 aromatic carbocycles. The summed E-state index contributed by atoms with van der Waals surface area (Å²) >= 11 is 3.51. The zero-order valence-electron chi connectivity index (χ0n) is 17.2. The zero-order chi connectivity index (χ0) is 21.8. The lowest BCUT2D eigenvalue weighted by atomic mass is 10.0. The van der Waals surface area contributed by atoms with Gasteiger partial charge in [-0.05, 0) is 47.4 Å². The van der Waals surface area contributed by atoms with E-state index in [9.17, 15) is 8.42 Å². The summed E-state index contributed by atoms with van der Waals surface area (Å²) in [7, 11) is -2.36. The van der Waals surface area contributed by atoms with Gasteiger partial charge in [-0.25, -0.2) is 8.42 Å². The second-order valence-corrected chi connectivity index (χ2v) is 10.2. The maximum Gasteiger partial charge on any atom is 0.247 e. The van der Waals surface area contributed by atoms with E-state index in [4.69, 9.17) is 9.47 Å². The van der Waals surface area contributed by atoms with Crippen LogP contribution in [0.4, 0.5) is 0 Å². The monoisotopic (exact) mass is 501 g/mol. The van der Waals surface area contributed by atoms with Crippen LogP contribution in [0, 0.1) is 0 Å². The highest BCUT2D eigenvalue weighted by Gasteiger charge is 2.35. The Kier molecular flexibility index (Phi) is 6.77. The summed E-state index contributed by atoms with van der Waals surface area (Å²) in [6, 6.07) is 22.1. The van der Waals surface area contributed by atoms with Crippen molar-refractivity contribution in [3.63, 3.8) is 0 Å². The number of halogens is 1. The van der Waals surface area contributed by atoms with Gasteiger partial charge in [-0.1, -0.05) is 64.5 Å². The molecule has 1 aliphatic rings. The van der Waals surface area contributed by atoms with Crippen molar-refractivity contribution in [2.75, 3.05) is 13.7 Å². The quantitative estimate of drug-likeness (QED) is 0.504. The average molecular weight is 502 g/mol. The molecule has 0 fully saturated rings. The maximum atomic E-state index is 13.9. The highest BCUT2D eigenvalue weighted by Crippen LogP contribution is 2.31. The van der Waals surface area contributed by atoms with E-state index in [-0.39, 0.29) is 17.5 Å². The Morgan fingerprint density at radius 2 is 1.77 bits per heavy atom. The normalized spacial score (nSPS) is 17.4. The summed E-state index contributed by atoms with van der Waals surface area (Å²) in [4.78, 5) is 0.162. The van der Waals surface area contributed by atoms with Crippen LogP contribution in [0.2, 0.25) is 0 Å². The molecule has 0 saturated carbocycles. The van der Waals surface area contributed by atoms with Crippen molar-refractivity contribution in [1.82, 2.24) is 4.31 Å². The van der Waals surface area contributed by atoms with Gasteiger partial charge in [0, 0.05) is 11.0 Å². The van der Waals surface area contributed by atoms with Gasteiger partial charge in [-0.15, -0.1) is 0 Å². The Labute approximate surface area is 191 Å². The SMILES string of the molecule is COc1ccccc1S(=O)(=O)N1Cc2ccccc2COCC1Cc1cccc(Br)c1. The fourth-order valence-corrected chi connectivity index (χ4v) is 6.07. The van der Waals surface area contributed by atoms with Crippen molar-refractivity contribution in [2.24, 2.45) is 0 Å². The third-order valence-corrected chi connectivity index (χ3v) is 7.87. The Morgan fingerprint density at radius 1 is 1.03 bits per heavy atom. The van der Waals surface area contributed by atoms with Crippen molar-refractivity contribution < 1.29 is 17.9 Å². The molecule has 0 saturated heterocycles. The number of para-hydroxylation sites is 1. The minimum atomic E-state index is -3.85. The van der Waals surface area contributed by atoms with Crippen molar-refractivity contribution >= 4 is 26.0 Å². The number of sulfonamides is 1. The van der Waals surface area contributed by atoms with Crippen LogP contribution in [0.1, 0.15) is 16.7 Å². The van der Waals surface area contributed by atoms with Gasteiger partial charge in [0.2, 0.25) is 10.0 Å². The Bertz CT molecular complexity index is 1170. The number of benzene rings is 3. The van der Waals surface area contributed by atoms with Gasteiger partial charge in [0.25, 0.3) is 0 Å². The molecule has 0 aliphatic carbocycles. The first-order valence-electron chi connectivity index (χ1n) is 10.0. The summed E-state index contributed by atoms with van der Waals surface area (Å²) in [6.07, 6.45) is 0.538. The van der Waals surface area contributed by atoms with E-state index >= 15 is 0 Å². The Morgan fingerprint density at radius 3 is 2.55 bits per heavy atom. The van der Waals surface area contributed by atoms with Crippen LogP contribution < -0.4 is 4.74 Å². The van der Waals surface area contributed by atoms with Crippen molar-refractivity contribution in [3.8, 4) is 5.75 Å². The Balaban J connectivity index is 1.79. The van der Waals surface area contributed by atoms with Gasteiger partial charge < -0.3 is 9.47 Å². The molecule has 0 aromatic heterocycles. The van der Waals surface area contributed by atoms with Gasteiger partial charge in [-0.3, -0.25) is 0 Å². The predicted molar refractivity (Wildman–Crippen MR) is 123 cm³/mol. The molecule has 0 N–H and O–H groups in total. The minimum absolute atomic E-state index is 0.162. The first-order valence-corrected chi connectivity index (χ1v) is 12.3. The topological polar surface area (TPSA) is 55.8 Å². The molecule has 3 aromatic rings. The van der Waals surface area contributed by atoms with E-state index in [1.807, 2.05) is 48.5 Å². The summed E-state index contributed by atoms with van der Waals surface area (Å²) in [6.45, 7) is 1.04. The third kappa shape index (κ3) is 4.85. The zero-order valence-corrected chi connectivity index (χ0v) is 19.6. The van der Waals surface area contributed by atoms with Gasteiger partial charge in [0.1, 0.15) is 10.6 Å². The first kappa shape index (κ1) is 22.0. The number of ether oxygens (including phenoxy) is 2. The van der Waals surface area contributed by atoms with E-state index in [1.54, 1.807) is 28.6 Å². The van der Waals surface area contributed by atoms with Crippen molar-refractivity contribution in [3.05, 3.63) is 94.0 Å². The van der Waals surface area contributed by atoms with Crippen molar-refractivity contribution in [1.29, 1.82) is 0 Å². The summed E-state index contributed by atoms with van der Waals surface area (Å²) in [5, 5.41) is 0. The number of nitrogens with zero attached hydrogens (tertiary/aromatic N) is 1. The number of fused-ring (bicyclic) bond motifs is 1. The van der Waals surface area contributed by atoms with Crippen molar-refractivity contribution in [2.45, 2.75) is 30.5 Å². The molecule has 0 amide bonds. The third-order valence-electron chi connectivity index (χ3n) is 5.44. The second kappa shape index (κ2) is 9.53. The van der Waals surface area contributed by atoms with E-state index in [2.05, 4.69) is 15.9 Å². The summed E-state index contributed by atoms with van der Waals surface area (Å²) < 4.78 is 41.7. The highest BCUT2D eigenvalue weighted by atomic mass is 79.9. The molecule has 4 rings (SSSR count). The predicted octanol–water partition coefficient (Wildman–Crippen LogP) is 4.79. The van der Waals surface area contributed by atoms with Gasteiger partial charge >= 0.3 is 0 Å². The molecular formula is C24H24BrNO4S. The molecule has 5 nitrogen and oxygen atoms in total. The molecule has 1 atom stereocenters. The lowest BCUT2D eigenvalue weighted by molar-refractivity contribution is 0.0673. The number of hydrogen-bond donors (Lipinski definition) is 0. The van der Waals surface area contributed by atoms with Crippen LogP contribution >= 0.6 is 15.9 Å². The Hall–Kier alpha value is -2.19. The van der Waals surface area contributed by atoms with Crippen LogP contribution in [0.3, 0.4) is 0 Å². The fourth-order valence-electron chi connectivity index (χ4n) is 3.87. The highest BCUT2D eigenvalue weighted by molar-refractivity contribution is 9.10. The molecule has 0 spiro atoms.